The van der Waals surface area contributed by atoms with Gasteiger partial charge in [0.25, 0.3) is 0 Å². The fraction of sp³-hybridized carbons (Fsp3) is 0.125. The standard InChI is InChI=1S/C8H4BrF3N2S/c9-5-2-1-3-6-13-4-7(14(5)6)15-8(10,11)12/h1-4H. The molecule has 0 radical (unpaired) electrons. The summed E-state index contributed by atoms with van der Waals surface area (Å²) in [6.45, 7) is 0. The molecule has 80 valence electrons. The number of rotatable bonds is 1. The van der Waals surface area contributed by atoms with E-state index in [0.29, 0.717) is 10.3 Å². The van der Waals surface area contributed by atoms with Crippen molar-refractivity contribution in [3.63, 3.8) is 0 Å². The van der Waals surface area contributed by atoms with Gasteiger partial charge in [-0.25, -0.2) is 4.98 Å². The lowest BCUT2D eigenvalue weighted by Gasteiger charge is -2.05. The van der Waals surface area contributed by atoms with Crippen LogP contribution in [-0.2, 0) is 0 Å². The number of nitrogens with zero attached hydrogens (tertiary/aromatic N) is 2. The second-order valence-electron chi connectivity index (χ2n) is 2.69. The van der Waals surface area contributed by atoms with Gasteiger partial charge in [-0.3, -0.25) is 4.40 Å². The lowest BCUT2D eigenvalue weighted by molar-refractivity contribution is -0.0329. The zero-order valence-corrected chi connectivity index (χ0v) is 9.53. The molecule has 7 heteroatoms. The van der Waals surface area contributed by atoms with Gasteiger partial charge in [0.2, 0.25) is 0 Å². The van der Waals surface area contributed by atoms with Gasteiger partial charge in [-0.15, -0.1) is 0 Å². The molecule has 0 aliphatic carbocycles. The first-order valence-electron chi connectivity index (χ1n) is 3.85. The molecule has 0 saturated carbocycles. The molecule has 2 rings (SSSR count). The van der Waals surface area contributed by atoms with E-state index in [-0.39, 0.29) is 16.8 Å². The fourth-order valence-electron chi connectivity index (χ4n) is 1.16. The molecule has 2 heterocycles. The van der Waals surface area contributed by atoms with Crippen molar-refractivity contribution in [2.75, 3.05) is 0 Å². The lowest BCUT2D eigenvalue weighted by Crippen LogP contribution is -2.01. The number of alkyl halides is 3. The Morgan fingerprint density at radius 1 is 1.33 bits per heavy atom. The number of hydrogen-bond acceptors (Lipinski definition) is 2. The third kappa shape index (κ3) is 2.28. The quantitative estimate of drug-likeness (QED) is 0.589. The van der Waals surface area contributed by atoms with Gasteiger partial charge >= 0.3 is 5.51 Å². The van der Waals surface area contributed by atoms with Gasteiger partial charge in [-0.2, -0.15) is 13.2 Å². The van der Waals surface area contributed by atoms with Crippen LogP contribution in [0.2, 0.25) is 0 Å². The highest BCUT2D eigenvalue weighted by atomic mass is 79.9. The zero-order chi connectivity index (χ0) is 11.1. The lowest BCUT2D eigenvalue weighted by atomic mass is 10.5. The average molecular weight is 297 g/mol. The summed E-state index contributed by atoms with van der Waals surface area (Å²) in [5.74, 6) is 0. The van der Waals surface area contributed by atoms with Gasteiger partial charge in [-0.05, 0) is 28.1 Å². The summed E-state index contributed by atoms with van der Waals surface area (Å²) >= 11 is 3.00. The molecule has 0 fully saturated rings. The van der Waals surface area contributed by atoms with Gasteiger partial charge in [0.1, 0.15) is 10.7 Å². The Morgan fingerprint density at radius 3 is 2.73 bits per heavy atom. The molecule has 0 atom stereocenters. The van der Waals surface area contributed by atoms with Crippen LogP contribution in [0.4, 0.5) is 13.2 Å². The summed E-state index contributed by atoms with van der Waals surface area (Å²) in [4.78, 5) is 3.88. The Morgan fingerprint density at radius 2 is 2.07 bits per heavy atom. The minimum atomic E-state index is -4.30. The second kappa shape index (κ2) is 3.71. The van der Waals surface area contributed by atoms with E-state index in [0.717, 1.165) is 0 Å². The number of hydrogen-bond donors (Lipinski definition) is 0. The summed E-state index contributed by atoms with van der Waals surface area (Å²) in [6, 6.07) is 5.02. The number of pyridine rings is 1. The van der Waals surface area contributed by atoms with Crippen molar-refractivity contribution >= 4 is 33.3 Å². The number of aromatic nitrogens is 2. The van der Waals surface area contributed by atoms with Gasteiger partial charge in [0, 0.05) is 11.8 Å². The molecule has 0 aliphatic heterocycles. The summed E-state index contributed by atoms with van der Waals surface area (Å²) < 4.78 is 38.5. The maximum Gasteiger partial charge on any atom is 0.447 e. The van der Waals surface area contributed by atoms with Crippen molar-refractivity contribution in [1.29, 1.82) is 0 Å². The average Bonchev–Trinajstić information content (AvgIpc) is 2.47. The number of fused-ring (bicyclic) bond motifs is 1. The molecule has 2 nitrogen and oxygen atoms in total. The summed E-state index contributed by atoms with van der Waals surface area (Å²) in [6.07, 6.45) is 1.21. The molecule has 0 amide bonds. The van der Waals surface area contributed by atoms with Crippen LogP contribution in [0, 0.1) is 0 Å². The largest absolute Gasteiger partial charge is 0.447 e. The molecule has 0 N–H and O–H groups in total. The number of thioether (sulfide) groups is 1. The molecule has 0 saturated heterocycles. The third-order valence-electron chi connectivity index (χ3n) is 1.67. The Bertz CT molecular complexity index is 494. The van der Waals surface area contributed by atoms with Gasteiger partial charge < -0.3 is 0 Å². The van der Waals surface area contributed by atoms with E-state index in [1.165, 1.54) is 10.6 Å². The molecule has 0 aromatic carbocycles. The van der Waals surface area contributed by atoms with E-state index in [4.69, 9.17) is 0 Å². The van der Waals surface area contributed by atoms with Crippen molar-refractivity contribution in [3.05, 3.63) is 29.0 Å². The van der Waals surface area contributed by atoms with Gasteiger partial charge in [0.15, 0.2) is 0 Å². The minimum absolute atomic E-state index is 0.0463. The van der Waals surface area contributed by atoms with E-state index in [2.05, 4.69) is 20.9 Å². The van der Waals surface area contributed by atoms with Crippen LogP contribution in [0.15, 0.2) is 34.0 Å². The molecule has 0 spiro atoms. The highest BCUT2D eigenvalue weighted by molar-refractivity contribution is 9.10. The molecule has 2 aromatic rings. The molecule has 0 unspecified atom stereocenters. The zero-order valence-electron chi connectivity index (χ0n) is 7.12. The third-order valence-corrected chi connectivity index (χ3v) is 3.02. The van der Waals surface area contributed by atoms with Crippen molar-refractivity contribution in [1.82, 2.24) is 9.38 Å². The van der Waals surface area contributed by atoms with Crippen LogP contribution < -0.4 is 0 Å². The van der Waals surface area contributed by atoms with Gasteiger partial charge in [-0.1, -0.05) is 6.07 Å². The molecule has 15 heavy (non-hydrogen) atoms. The van der Waals surface area contributed by atoms with E-state index in [1.807, 2.05) is 0 Å². The first-order chi connectivity index (χ1) is 6.97. The monoisotopic (exact) mass is 296 g/mol. The summed E-state index contributed by atoms with van der Waals surface area (Å²) in [7, 11) is 0. The van der Waals surface area contributed by atoms with E-state index < -0.39 is 5.51 Å². The van der Waals surface area contributed by atoms with E-state index >= 15 is 0 Å². The topological polar surface area (TPSA) is 17.3 Å². The molecule has 2 aromatic heterocycles. The SMILES string of the molecule is FC(F)(F)Sc1cnc2cccc(Br)n12. The van der Waals surface area contributed by atoms with E-state index in [9.17, 15) is 13.2 Å². The van der Waals surface area contributed by atoms with Crippen LogP contribution >= 0.6 is 27.7 Å². The highest BCUT2D eigenvalue weighted by Gasteiger charge is 2.31. The summed E-state index contributed by atoms with van der Waals surface area (Å²) in [5, 5.41) is 0.0463. The maximum absolute atomic E-state index is 12.2. The van der Waals surface area contributed by atoms with Crippen molar-refractivity contribution in [3.8, 4) is 0 Å². The van der Waals surface area contributed by atoms with Crippen LogP contribution in [0.3, 0.4) is 0 Å². The number of halogens is 4. The Hall–Kier alpha value is -0.690. The molecule has 0 aliphatic rings. The first-order valence-corrected chi connectivity index (χ1v) is 5.46. The predicted molar refractivity (Wildman–Crippen MR) is 54.8 cm³/mol. The second-order valence-corrected chi connectivity index (χ2v) is 4.58. The molecule has 0 bridgehead atoms. The normalized spacial score (nSPS) is 12.3. The van der Waals surface area contributed by atoms with Crippen LogP contribution in [-0.4, -0.2) is 14.9 Å². The van der Waals surface area contributed by atoms with E-state index in [1.54, 1.807) is 18.2 Å². The maximum atomic E-state index is 12.2. The van der Waals surface area contributed by atoms with Gasteiger partial charge in [0.05, 0.1) is 10.8 Å². The highest BCUT2D eigenvalue weighted by Crippen LogP contribution is 2.37. The van der Waals surface area contributed by atoms with Crippen LogP contribution in [0.1, 0.15) is 0 Å². The van der Waals surface area contributed by atoms with Crippen molar-refractivity contribution < 1.29 is 13.2 Å². The van der Waals surface area contributed by atoms with Crippen LogP contribution in [0.5, 0.6) is 0 Å². The smallest absolute Gasteiger partial charge is 0.281 e. The predicted octanol–water partition coefficient (Wildman–Crippen LogP) is 3.71. The molecular weight excluding hydrogens is 293 g/mol. The fourth-order valence-corrected chi connectivity index (χ4v) is 2.43. The Balaban J connectivity index is 2.53. The first kappa shape index (κ1) is 10.8. The van der Waals surface area contributed by atoms with Crippen molar-refractivity contribution in [2.45, 2.75) is 10.5 Å². The number of imidazole rings is 1. The summed E-state index contributed by atoms with van der Waals surface area (Å²) in [5.41, 5.74) is -3.82. The van der Waals surface area contributed by atoms with Crippen LogP contribution in [0.25, 0.3) is 5.65 Å². The minimum Gasteiger partial charge on any atom is -0.281 e. The Labute approximate surface area is 95.6 Å². The molecular formula is C8H4BrF3N2S. The van der Waals surface area contributed by atoms with Crippen molar-refractivity contribution in [2.24, 2.45) is 0 Å². The Kier molecular flexibility index (Phi) is 2.68.